The predicted octanol–water partition coefficient (Wildman–Crippen LogP) is 3.82. The molecule has 0 bridgehead atoms. The van der Waals surface area contributed by atoms with E-state index in [1.54, 1.807) is 0 Å². The second kappa shape index (κ2) is 8.13. The minimum absolute atomic E-state index is 0.0241. The summed E-state index contributed by atoms with van der Waals surface area (Å²) in [5.41, 5.74) is 0.339. The van der Waals surface area contributed by atoms with Crippen molar-refractivity contribution >= 4 is 45.0 Å². The number of hydrogen-bond acceptors (Lipinski definition) is 4. The van der Waals surface area contributed by atoms with Gasteiger partial charge in [0, 0.05) is 10.6 Å². The molecule has 2 aromatic carbocycles. The largest absolute Gasteiger partial charge is 0.322 e. The van der Waals surface area contributed by atoms with Gasteiger partial charge in [0.15, 0.2) is 0 Å². The molecule has 10 heteroatoms. The minimum Gasteiger partial charge on any atom is -0.322 e. The number of carbonyl (C=O) groups is 1. The average Bonchev–Trinajstić information content (AvgIpc) is 2.56. The van der Waals surface area contributed by atoms with Crippen molar-refractivity contribution < 1.29 is 22.0 Å². The maximum absolute atomic E-state index is 12.3. The maximum Gasteiger partial charge on any atom is 0.288 e. The SMILES string of the molecule is CNS(=O)(=O)c1ccc(Cl)c(C(=O)Nc2ccc(SC(F)F)cc2)c1. The van der Waals surface area contributed by atoms with Gasteiger partial charge in [-0.15, -0.1) is 0 Å². The summed E-state index contributed by atoms with van der Waals surface area (Å²) in [6, 6.07) is 9.55. The summed E-state index contributed by atoms with van der Waals surface area (Å²) in [5, 5.41) is 2.62. The third kappa shape index (κ3) is 5.15. The molecule has 0 saturated carbocycles. The Morgan fingerprint density at radius 3 is 2.36 bits per heavy atom. The van der Waals surface area contributed by atoms with Crippen LogP contribution in [0.15, 0.2) is 52.3 Å². The van der Waals surface area contributed by atoms with Gasteiger partial charge >= 0.3 is 0 Å². The van der Waals surface area contributed by atoms with E-state index in [4.69, 9.17) is 11.6 Å². The van der Waals surface area contributed by atoms with E-state index in [-0.39, 0.29) is 15.5 Å². The number of amides is 1. The van der Waals surface area contributed by atoms with Crippen molar-refractivity contribution in [1.29, 1.82) is 0 Å². The summed E-state index contributed by atoms with van der Waals surface area (Å²) >= 11 is 6.36. The van der Waals surface area contributed by atoms with Crippen LogP contribution >= 0.6 is 23.4 Å². The molecule has 2 N–H and O–H groups in total. The topological polar surface area (TPSA) is 75.3 Å². The molecule has 5 nitrogen and oxygen atoms in total. The Morgan fingerprint density at radius 1 is 1.16 bits per heavy atom. The molecule has 0 aliphatic rings. The van der Waals surface area contributed by atoms with Crippen LogP contribution in [0.5, 0.6) is 0 Å². The molecule has 1 amide bonds. The van der Waals surface area contributed by atoms with Crippen molar-refractivity contribution in [3.8, 4) is 0 Å². The zero-order valence-corrected chi connectivity index (χ0v) is 15.2. The van der Waals surface area contributed by atoms with Gasteiger partial charge in [-0.2, -0.15) is 8.78 Å². The monoisotopic (exact) mass is 406 g/mol. The first-order chi connectivity index (χ1) is 11.7. The van der Waals surface area contributed by atoms with E-state index in [1.165, 1.54) is 43.4 Å². The van der Waals surface area contributed by atoms with E-state index in [2.05, 4.69) is 10.0 Å². The van der Waals surface area contributed by atoms with E-state index >= 15 is 0 Å². The Kier molecular flexibility index (Phi) is 6.39. The van der Waals surface area contributed by atoms with Crippen LogP contribution in [-0.2, 0) is 10.0 Å². The molecule has 0 unspecified atom stereocenters. The van der Waals surface area contributed by atoms with E-state index < -0.39 is 21.7 Å². The molecular formula is C15H13ClF2N2O3S2. The van der Waals surface area contributed by atoms with Crippen LogP contribution in [0.2, 0.25) is 5.02 Å². The number of sulfonamides is 1. The summed E-state index contributed by atoms with van der Waals surface area (Å²) in [4.78, 5) is 12.6. The van der Waals surface area contributed by atoms with E-state index in [1.807, 2.05) is 0 Å². The Hall–Kier alpha value is -1.68. The number of rotatable bonds is 6. The van der Waals surface area contributed by atoms with Gasteiger partial charge in [-0.05, 0) is 49.5 Å². The first-order valence-corrected chi connectivity index (χ1v) is 9.56. The van der Waals surface area contributed by atoms with Gasteiger partial charge < -0.3 is 5.32 Å². The van der Waals surface area contributed by atoms with Crippen molar-refractivity contribution in [3.05, 3.63) is 53.1 Å². The number of hydrogen-bond donors (Lipinski definition) is 2. The third-order valence-corrected chi connectivity index (χ3v) is 5.56. The normalized spacial score (nSPS) is 11.6. The lowest BCUT2D eigenvalue weighted by atomic mass is 10.2. The Labute approximate surface area is 152 Å². The molecule has 0 aliphatic heterocycles. The third-order valence-electron chi connectivity index (χ3n) is 3.10. The highest BCUT2D eigenvalue weighted by Crippen LogP contribution is 2.27. The zero-order chi connectivity index (χ0) is 18.6. The molecule has 25 heavy (non-hydrogen) atoms. The Morgan fingerprint density at radius 2 is 1.80 bits per heavy atom. The molecule has 0 radical (unpaired) electrons. The van der Waals surface area contributed by atoms with Crippen LogP contribution in [0.1, 0.15) is 10.4 Å². The molecule has 0 fully saturated rings. The second-order valence-corrected chi connectivity index (χ2v) is 8.06. The highest BCUT2D eigenvalue weighted by Gasteiger charge is 2.17. The maximum atomic E-state index is 12.3. The summed E-state index contributed by atoms with van der Waals surface area (Å²) in [5.74, 6) is -3.15. The number of nitrogens with one attached hydrogen (secondary N) is 2. The highest BCUT2D eigenvalue weighted by atomic mass is 35.5. The minimum atomic E-state index is -3.72. The highest BCUT2D eigenvalue weighted by molar-refractivity contribution is 7.99. The van der Waals surface area contributed by atoms with Gasteiger partial charge in [0.2, 0.25) is 10.0 Å². The van der Waals surface area contributed by atoms with Gasteiger partial charge in [0.1, 0.15) is 0 Å². The van der Waals surface area contributed by atoms with Crippen molar-refractivity contribution in [3.63, 3.8) is 0 Å². The molecule has 0 saturated heterocycles. The summed E-state index contributed by atoms with van der Waals surface area (Å²) in [6.07, 6.45) is 0. The average molecular weight is 407 g/mol. The van der Waals surface area contributed by atoms with Crippen LogP contribution < -0.4 is 10.0 Å². The lowest BCUT2D eigenvalue weighted by Gasteiger charge is -2.10. The molecule has 0 heterocycles. The first kappa shape index (κ1) is 19.6. The van der Waals surface area contributed by atoms with Gasteiger partial charge in [-0.3, -0.25) is 4.79 Å². The zero-order valence-electron chi connectivity index (χ0n) is 12.8. The number of alkyl halides is 2. The fourth-order valence-corrected chi connectivity index (χ4v) is 3.34. The van der Waals surface area contributed by atoms with E-state index in [0.717, 1.165) is 6.07 Å². The number of carbonyl (C=O) groups excluding carboxylic acids is 1. The smallest absolute Gasteiger partial charge is 0.288 e. The van der Waals surface area contributed by atoms with Crippen molar-refractivity contribution in [2.24, 2.45) is 0 Å². The van der Waals surface area contributed by atoms with Crippen LogP contribution in [0, 0.1) is 0 Å². The molecule has 0 atom stereocenters. The molecule has 0 spiro atoms. The van der Waals surface area contributed by atoms with Crippen LogP contribution in [0.4, 0.5) is 14.5 Å². The van der Waals surface area contributed by atoms with Gasteiger partial charge in [0.05, 0.1) is 15.5 Å². The van der Waals surface area contributed by atoms with Crippen LogP contribution in [-0.4, -0.2) is 27.1 Å². The Bertz CT molecular complexity index is 875. The summed E-state index contributed by atoms with van der Waals surface area (Å²) < 4.78 is 50.4. The van der Waals surface area contributed by atoms with E-state index in [0.29, 0.717) is 22.3 Å². The number of benzene rings is 2. The standard InChI is InChI=1S/C15H13ClF2N2O3S2/c1-19-25(22,23)11-6-7-13(16)12(8-11)14(21)20-9-2-4-10(5-3-9)24-15(17)18/h2-8,15,19H,1H3,(H,20,21). The molecule has 2 rings (SSSR count). The lowest BCUT2D eigenvalue weighted by molar-refractivity contribution is 0.102. The first-order valence-electron chi connectivity index (χ1n) is 6.82. The van der Waals surface area contributed by atoms with Gasteiger partial charge in [0.25, 0.3) is 11.7 Å². The van der Waals surface area contributed by atoms with Crippen molar-refractivity contribution in [2.45, 2.75) is 15.5 Å². The molecule has 134 valence electrons. The van der Waals surface area contributed by atoms with Crippen molar-refractivity contribution in [1.82, 2.24) is 4.72 Å². The molecular weight excluding hydrogens is 394 g/mol. The predicted molar refractivity (Wildman–Crippen MR) is 94.0 cm³/mol. The molecule has 0 aliphatic carbocycles. The van der Waals surface area contributed by atoms with Gasteiger partial charge in [-0.1, -0.05) is 23.4 Å². The number of anilines is 1. The Balaban J connectivity index is 2.22. The van der Waals surface area contributed by atoms with Crippen molar-refractivity contribution in [2.75, 3.05) is 12.4 Å². The summed E-state index contributed by atoms with van der Waals surface area (Å²) in [7, 11) is -2.47. The second-order valence-electron chi connectivity index (χ2n) is 4.71. The van der Waals surface area contributed by atoms with Crippen LogP contribution in [0.25, 0.3) is 0 Å². The molecule has 0 aromatic heterocycles. The number of halogens is 3. The number of thioether (sulfide) groups is 1. The fraction of sp³-hybridized carbons (Fsp3) is 0.133. The lowest BCUT2D eigenvalue weighted by Crippen LogP contribution is -2.20. The van der Waals surface area contributed by atoms with Gasteiger partial charge in [-0.25, -0.2) is 13.1 Å². The quantitative estimate of drug-likeness (QED) is 0.715. The van der Waals surface area contributed by atoms with E-state index in [9.17, 15) is 22.0 Å². The fourth-order valence-electron chi connectivity index (χ4n) is 1.88. The van der Waals surface area contributed by atoms with Crippen LogP contribution in [0.3, 0.4) is 0 Å². The molecule has 2 aromatic rings. The summed E-state index contributed by atoms with van der Waals surface area (Å²) in [6.45, 7) is 0.